The van der Waals surface area contributed by atoms with E-state index in [1.165, 1.54) is 6.20 Å². The molecule has 7 nitrogen and oxygen atoms in total. The van der Waals surface area contributed by atoms with Crippen molar-refractivity contribution in [2.24, 2.45) is 0 Å². The second-order valence-electron chi connectivity index (χ2n) is 9.36. The molecular weight excluding hydrogens is 383 g/mol. The summed E-state index contributed by atoms with van der Waals surface area (Å²) in [5.74, 6) is 0.685. The van der Waals surface area contributed by atoms with Crippen LogP contribution < -0.4 is 10.6 Å². The van der Waals surface area contributed by atoms with Crippen LogP contribution in [0.4, 0.5) is 21.8 Å². The number of hydrogen-bond donors (Lipinski definition) is 2. The summed E-state index contributed by atoms with van der Waals surface area (Å²) in [6.07, 6.45) is 2.98. The van der Waals surface area contributed by atoms with Gasteiger partial charge in [0.05, 0.1) is 6.20 Å². The minimum atomic E-state index is -0.460. The minimum Gasteiger partial charge on any atom is -0.441 e. The molecule has 0 aliphatic carbocycles. The standard InChI is InChI=1S/C22H29FN6O/c1-13-25-17-9-14(7-8-18(17)30-13)27-20-24-12-16(23)19(28-20)26-15-10-21(2,3)29(6)22(4,5)11-15/h7-9,12,15H,10-11H2,1-6H3,(H2,24,26,27,28). The number of piperidine rings is 1. The fourth-order valence-corrected chi connectivity index (χ4v) is 4.44. The number of anilines is 3. The van der Waals surface area contributed by atoms with Gasteiger partial charge in [0.1, 0.15) is 5.52 Å². The quantitative estimate of drug-likeness (QED) is 0.633. The predicted molar refractivity (Wildman–Crippen MR) is 117 cm³/mol. The molecule has 0 radical (unpaired) electrons. The van der Waals surface area contributed by atoms with Crippen LogP contribution in [0, 0.1) is 12.7 Å². The van der Waals surface area contributed by atoms with Crippen LogP contribution in [0.1, 0.15) is 46.4 Å². The normalized spacial score (nSPS) is 19.2. The molecule has 3 aromatic rings. The van der Waals surface area contributed by atoms with Crippen LogP contribution in [0.15, 0.2) is 28.8 Å². The van der Waals surface area contributed by atoms with Crippen LogP contribution >= 0.6 is 0 Å². The lowest BCUT2D eigenvalue weighted by molar-refractivity contribution is -0.00778. The predicted octanol–water partition coefficient (Wildman–Crippen LogP) is 4.87. The Bertz CT molecular complexity index is 1060. The van der Waals surface area contributed by atoms with E-state index in [9.17, 15) is 4.39 Å². The van der Waals surface area contributed by atoms with Gasteiger partial charge in [-0.05, 0) is 65.8 Å². The topological polar surface area (TPSA) is 79.1 Å². The van der Waals surface area contributed by atoms with E-state index < -0.39 is 5.82 Å². The summed E-state index contributed by atoms with van der Waals surface area (Å²) in [4.78, 5) is 15.2. The molecule has 1 fully saturated rings. The maximum absolute atomic E-state index is 14.5. The van der Waals surface area contributed by atoms with E-state index in [0.717, 1.165) is 24.0 Å². The number of aromatic nitrogens is 3. The number of nitrogens with zero attached hydrogens (tertiary/aromatic N) is 4. The molecular formula is C22H29FN6O. The fraction of sp³-hybridized carbons (Fsp3) is 0.500. The summed E-state index contributed by atoms with van der Waals surface area (Å²) in [5.41, 5.74) is 2.21. The first-order chi connectivity index (χ1) is 14.0. The largest absolute Gasteiger partial charge is 0.441 e. The second-order valence-corrected chi connectivity index (χ2v) is 9.36. The minimum absolute atomic E-state index is 0.00482. The molecule has 1 aliphatic heterocycles. The second kappa shape index (κ2) is 7.19. The van der Waals surface area contributed by atoms with Crippen molar-refractivity contribution in [1.29, 1.82) is 0 Å². The zero-order valence-electron chi connectivity index (χ0n) is 18.4. The van der Waals surface area contributed by atoms with Gasteiger partial charge < -0.3 is 15.1 Å². The van der Waals surface area contributed by atoms with Gasteiger partial charge in [-0.3, -0.25) is 4.90 Å². The number of rotatable bonds is 4. The molecule has 1 aliphatic rings. The van der Waals surface area contributed by atoms with Crippen LogP contribution in [0.5, 0.6) is 0 Å². The van der Waals surface area contributed by atoms with Crippen LogP contribution in [-0.2, 0) is 0 Å². The zero-order chi connectivity index (χ0) is 21.7. The lowest BCUT2D eigenvalue weighted by atomic mass is 9.77. The Labute approximate surface area is 176 Å². The maximum atomic E-state index is 14.5. The van der Waals surface area contributed by atoms with Gasteiger partial charge in [0, 0.05) is 29.7 Å². The number of nitrogens with one attached hydrogen (secondary N) is 2. The molecule has 2 N–H and O–H groups in total. The van der Waals surface area contributed by atoms with E-state index in [1.807, 2.05) is 18.2 Å². The molecule has 0 saturated carbocycles. The summed E-state index contributed by atoms with van der Waals surface area (Å²) >= 11 is 0. The monoisotopic (exact) mass is 412 g/mol. The zero-order valence-corrected chi connectivity index (χ0v) is 18.4. The number of likely N-dealkylation sites (tertiary alicyclic amines) is 1. The number of oxazole rings is 1. The van der Waals surface area contributed by atoms with Crippen LogP contribution in [0.25, 0.3) is 11.1 Å². The Morgan fingerprint density at radius 1 is 1.13 bits per heavy atom. The molecule has 3 heterocycles. The molecule has 1 saturated heterocycles. The van der Waals surface area contributed by atoms with E-state index >= 15 is 0 Å². The third-order valence-corrected chi connectivity index (χ3v) is 6.14. The van der Waals surface area contributed by atoms with E-state index in [0.29, 0.717) is 17.4 Å². The third-order valence-electron chi connectivity index (χ3n) is 6.14. The molecule has 0 amide bonds. The maximum Gasteiger partial charge on any atom is 0.229 e. The molecule has 0 spiro atoms. The molecule has 4 rings (SSSR count). The van der Waals surface area contributed by atoms with Gasteiger partial charge in [-0.2, -0.15) is 4.98 Å². The Morgan fingerprint density at radius 3 is 2.53 bits per heavy atom. The Balaban J connectivity index is 1.54. The molecule has 0 unspecified atom stereocenters. The first kappa shape index (κ1) is 20.5. The summed E-state index contributed by atoms with van der Waals surface area (Å²) in [7, 11) is 2.15. The smallest absolute Gasteiger partial charge is 0.229 e. The van der Waals surface area contributed by atoms with Crippen molar-refractivity contribution < 1.29 is 8.81 Å². The van der Waals surface area contributed by atoms with Gasteiger partial charge in [-0.15, -0.1) is 0 Å². The lowest BCUT2D eigenvalue weighted by Gasteiger charge is -2.53. The van der Waals surface area contributed by atoms with Gasteiger partial charge in [0.15, 0.2) is 23.1 Å². The molecule has 0 atom stereocenters. The Morgan fingerprint density at radius 2 is 1.83 bits per heavy atom. The molecule has 2 aromatic heterocycles. The van der Waals surface area contributed by atoms with Gasteiger partial charge in [0.2, 0.25) is 5.95 Å². The average molecular weight is 413 g/mol. The van der Waals surface area contributed by atoms with Gasteiger partial charge in [0.25, 0.3) is 0 Å². The highest BCUT2D eigenvalue weighted by atomic mass is 19.1. The van der Waals surface area contributed by atoms with Crippen molar-refractivity contribution in [1.82, 2.24) is 19.9 Å². The van der Waals surface area contributed by atoms with E-state index in [4.69, 9.17) is 4.42 Å². The van der Waals surface area contributed by atoms with Crippen molar-refractivity contribution in [2.75, 3.05) is 17.7 Å². The summed E-state index contributed by atoms with van der Waals surface area (Å²) in [5, 5.41) is 6.45. The van der Waals surface area contributed by atoms with E-state index in [1.54, 1.807) is 6.92 Å². The van der Waals surface area contributed by atoms with Gasteiger partial charge in [-0.25, -0.2) is 14.4 Å². The number of aryl methyl sites for hydroxylation is 1. The van der Waals surface area contributed by atoms with E-state index in [2.05, 4.69) is 65.2 Å². The highest BCUT2D eigenvalue weighted by Crippen LogP contribution is 2.38. The van der Waals surface area contributed by atoms with Crippen molar-refractivity contribution in [3.8, 4) is 0 Å². The Hall–Kier alpha value is -2.74. The average Bonchev–Trinajstić information content (AvgIpc) is 3.01. The number of benzene rings is 1. The van der Waals surface area contributed by atoms with Crippen LogP contribution in [0.2, 0.25) is 0 Å². The number of fused-ring (bicyclic) bond motifs is 1. The molecule has 160 valence electrons. The van der Waals surface area contributed by atoms with Crippen LogP contribution in [-0.4, -0.2) is 44.0 Å². The fourth-order valence-electron chi connectivity index (χ4n) is 4.44. The summed E-state index contributed by atoms with van der Waals surface area (Å²) in [6.45, 7) is 10.7. The van der Waals surface area contributed by atoms with Crippen molar-refractivity contribution in [3.63, 3.8) is 0 Å². The number of hydrogen-bond acceptors (Lipinski definition) is 7. The van der Waals surface area contributed by atoms with Gasteiger partial charge >= 0.3 is 0 Å². The first-order valence-corrected chi connectivity index (χ1v) is 10.2. The summed E-state index contributed by atoms with van der Waals surface area (Å²) in [6, 6.07) is 5.66. The van der Waals surface area contributed by atoms with Crippen molar-refractivity contribution >= 4 is 28.6 Å². The first-order valence-electron chi connectivity index (χ1n) is 10.2. The van der Waals surface area contributed by atoms with Gasteiger partial charge in [-0.1, -0.05) is 0 Å². The third kappa shape index (κ3) is 3.96. The highest BCUT2D eigenvalue weighted by Gasteiger charge is 2.43. The molecule has 30 heavy (non-hydrogen) atoms. The SMILES string of the molecule is Cc1nc2cc(Nc3ncc(F)c(NC4CC(C)(C)N(C)C(C)(C)C4)n3)ccc2o1. The van der Waals surface area contributed by atoms with E-state index in [-0.39, 0.29) is 22.9 Å². The van der Waals surface area contributed by atoms with Crippen LogP contribution in [0.3, 0.4) is 0 Å². The molecule has 0 bridgehead atoms. The Kier molecular flexibility index (Phi) is 4.92. The lowest BCUT2D eigenvalue weighted by Crippen LogP contribution is -2.61. The van der Waals surface area contributed by atoms with Crippen molar-refractivity contribution in [3.05, 3.63) is 36.1 Å². The molecule has 8 heteroatoms. The van der Waals surface area contributed by atoms with Crippen molar-refractivity contribution in [2.45, 2.75) is 64.6 Å². The number of halogens is 1. The highest BCUT2D eigenvalue weighted by molar-refractivity contribution is 5.78. The summed E-state index contributed by atoms with van der Waals surface area (Å²) < 4.78 is 20.0. The molecule has 1 aromatic carbocycles.